The molecule has 26 heavy (non-hydrogen) atoms. The van der Waals surface area contributed by atoms with Gasteiger partial charge in [0.2, 0.25) is 0 Å². The summed E-state index contributed by atoms with van der Waals surface area (Å²) < 4.78 is 5.29. The second-order valence-corrected chi connectivity index (χ2v) is 8.15. The number of hydrogen-bond acceptors (Lipinski definition) is 4. The van der Waals surface area contributed by atoms with Crippen LogP contribution in [0.15, 0.2) is 47.1 Å². The molecule has 2 aromatic rings. The minimum atomic E-state index is 0.00180. The topological polar surface area (TPSA) is 45.5 Å². The van der Waals surface area contributed by atoms with Crippen LogP contribution in [-0.4, -0.2) is 36.2 Å². The normalized spacial score (nSPS) is 15.9. The van der Waals surface area contributed by atoms with Crippen molar-refractivity contribution >= 4 is 17.7 Å². The Kier molecular flexibility index (Phi) is 7.21. The zero-order valence-electron chi connectivity index (χ0n) is 15.4. The maximum atomic E-state index is 12.2. The molecule has 3 rings (SSSR count). The number of amides is 1. The molecule has 0 spiro atoms. The molecule has 4 nitrogen and oxygen atoms in total. The highest BCUT2D eigenvalue weighted by molar-refractivity contribution is 7.98. The van der Waals surface area contributed by atoms with Crippen molar-refractivity contribution in [1.29, 1.82) is 0 Å². The predicted octanol–water partition coefficient (Wildman–Crippen LogP) is 4.17. The van der Waals surface area contributed by atoms with E-state index in [1.54, 1.807) is 18.0 Å². The van der Waals surface area contributed by atoms with Gasteiger partial charge in [-0.1, -0.05) is 19.1 Å². The summed E-state index contributed by atoms with van der Waals surface area (Å²) in [6.45, 7) is 6.34. The van der Waals surface area contributed by atoms with Crippen LogP contribution < -0.4 is 5.32 Å². The van der Waals surface area contributed by atoms with Crippen LogP contribution in [0.3, 0.4) is 0 Å². The summed E-state index contributed by atoms with van der Waals surface area (Å²) in [5, 5.41) is 2.98. The van der Waals surface area contributed by atoms with Crippen LogP contribution in [-0.2, 0) is 12.3 Å². The molecule has 1 amide bonds. The van der Waals surface area contributed by atoms with Crippen LogP contribution >= 0.6 is 11.8 Å². The quantitative estimate of drug-likeness (QED) is 0.706. The molecule has 2 heterocycles. The molecule has 1 fully saturated rings. The lowest BCUT2D eigenvalue weighted by Crippen LogP contribution is -2.32. The smallest absolute Gasteiger partial charge is 0.251 e. The van der Waals surface area contributed by atoms with E-state index in [1.807, 2.05) is 24.3 Å². The number of piperidine rings is 1. The Morgan fingerprint density at radius 3 is 2.69 bits per heavy atom. The van der Waals surface area contributed by atoms with Crippen molar-refractivity contribution in [3.8, 4) is 0 Å². The Bertz CT molecular complexity index is 662. The third kappa shape index (κ3) is 5.92. The standard InChI is InChI=1S/C21H28N2O2S/c1-17-8-11-23(12-9-17)15-18-4-6-19(7-5-18)21(24)22-10-14-26-16-20-3-2-13-25-20/h2-7,13,17H,8-12,14-16H2,1H3,(H,22,24). The van der Waals surface area contributed by atoms with Crippen molar-refractivity contribution in [2.75, 3.05) is 25.4 Å². The van der Waals surface area contributed by atoms with Crippen LogP contribution in [0.2, 0.25) is 0 Å². The second-order valence-electron chi connectivity index (χ2n) is 7.04. The molecular weight excluding hydrogens is 344 g/mol. The first-order valence-electron chi connectivity index (χ1n) is 9.40. The lowest BCUT2D eigenvalue weighted by molar-refractivity contribution is 0.0956. The van der Waals surface area contributed by atoms with E-state index < -0.39 is 0 Å². The third-order valence-corrected chi connectivity index (χ3v) is 5.84. The summed E-state index contributed by atoms with van der Waals surface area (Å²) in [6.07, 6.45) is 4.27. The number of nitrogens with zero attached hydrogens (tertiary/aromatic N) is 1. The van der Waals surface area contributed by atoms with Gasteiger partial charge in [0, 0.05) is 24.4 Å². The average Bonchev–Trinajstić information content (AvgIpc) is 3.17. The number of hydrogen-bond donors (Lipinski definition) is 1. The van der Waals surface area contributed by atoms with E-state index in [4.69, 9.17) is 4.42 Å². The van der Waals surface area contributed by atoms with Crippen LogP contribution in [0, 0.1) is 5.92 Å². The van der Waals surface area contributed by atoms with Crippen LogP contribution in [0.4, 0.5) is 0 Å². The van der Waals surface area contributed by atoms with Crippen molar-refractivity contribution in [2.24, 2.45) is 5.92 Å². The molecule has 1 aliphatic heterocycles. The number of carbonyl (C=O) groups is 1. The Hall–Kier alpha value is -1.72. The van der Waals surface area contributed by atoms with E-state index in [-0.39, 0.29) is 5.91 Å². The maximum Gasteiger partial charge on any atom is 0.251 e. The molecule has 0 radical (unpaired) electrons. The number of rotatable bonds is 8. The van der Waals surface area contributed by atoms with Crippen LogP contribution in [0.25, 0.3) is 0 Å². The molecule has 0 atom stereocenters. The Balaban J connectivity index is 1.36. The number of likely N-dealkylation sites (tertiary alicyclic amines) is 1. The van der Waals surface area contributed by atoms with E-state index in [0.29, 0.717) is 6.54 Å². The monoisotopic (exact) mass is 372 g/mol. The van der Waals surface area contributed by atoms with Crippen LogP contribution in [0.5, 0.6) is 0 Å². The SMILES string of the molecule is CC1CCN(Cc2ccc(C(=O)NCCSCc3ccco3)cc2)CC1. The summed E-state index contributed by atoms with van der Waals surface area (Å²) in [7, 11) is 0. The molecule has 1 saturated heterocycles. The first kappa shape index (κ1) is 19.1. The first-order chi connectivity index (χ1) is 12.7. The van der Waals surface area contributed by atoms with E-state index in [1.165, 1.54) is 31.5 Å². The number of nitrogens with one attached hydrogen (secondary N) is 1. The highest BCUT2D eigenvalue weighted by Crippen LogP contribution is 2.18. The number of benzene rings is 1. The molecule has 0 unspecified atom stereocenters. The lowest BCUT2D eigenvalue weighted by Gasteiger charge is -2.30. The van der Waals surface area contributed by atoms with Crippen molar-refractivity contribution in [3.05, 3.63) is 59.5 Å². The molecule has 0 aliphatic carbocycles. The zero-order valence-corrected chi connectivity index (χ0v) is 16.3. The second kappa shape index (κ2) is 9.83. The molecule has 1 N–H and O–H groups in total. The van der Waals surface area contributed by atoms with Crippen molar-refractivity contribution in [2.45, 2.75) is 32.1 Å². The van der Waals surface area contributed by atoms with Gasteiger partial charge in [0.1, 0.15) is 5.76 Å². The Labute approximate surface area is 160 Å². The summed E-state index contributed by atoms with van der Waals surface area (Å²) >= 11 is 1.76. The van der Waals surface area contributed by atoms with E-state index >= 15 is 0 Å². The fourth-order valence-electron chi connectivity index (χ4n) is 3.15. The van der Waals surface area contributed by atoms with E-state index in [2.05, 4.69) is 29.3 Å². The van der Waals surface area contributed by atoms with E-state index in [0.717, 1.165) is 35.3 Å². The van der Waals surface area contributed by atoms with Gasteiger partial charge < -0.3 is 9.73 Å². The summed E-state index contributed by atoms with van der Waals surface area (Å²) in [5.74, 6) is 3.54. The molecular formula is C21H28N2O2S. The van der Waals surface area contributed by atoms with Gasteiger partial charge in [0.05, 0.1) is 12.0 Å². The number of thioether (sulfide) groups is 1. The van der Waals surface area contributed by atoms with Crippen LogP contribution in [0.1, 0.15) is 41.4 Å². The molecule has 0 bridgehead atoms. The first-order valence-corrected chi connectivity index (χ1v) is 10.6. The summed E-state index contributed by atoms with van der Waals surface area (Å²) in [5.41, 5.74) is 2.02. The highest BCUT2D eigenvalue weighted by atomic mass is 32.2. The van der Waals surface area contributed by atoms with Gasteiger partial charge in [-0.05, 0) is 61.7 Å². The molecule has 1 aromatic carbocycles. The summed E-state index contributed by atoms with van der Waals surface area (Å²) in [4.78, 5) is 14.7. The Morgan fingerprint density at radius 1 is 1.23 bits per heavy atom. The van der Waals surface area contributed by atoms with Gasteiger partial charge in [-0.15, -0.1) is 0 Å². The van der Waals surface area contributed by atoms with E-state index in [9.17, 15) is 4.79 Å². The van der Waals surface area contributed by atoms with Gasteiger partial charge in [-0.2, -0.15) is 11.8 Å². The van der Waals surface area contributed by atoms with Gasteiger partial charge in [-0.3, -0.25) is 9.69 Å². The lowest BCUT2D eigenvalue weighted by atomic mass is 9.99. The van der Waals surface area contributed by atoms with Crippen molar-refractivity contribution in [3.63, 3.8) is 0 Å². The maximum absolute atomic E-state index is 12.2. The van der Waals surface area contributed by atoms with Gasteiger partial charge in [0.15, 0.2) is 0 Å². The largest absolute Gasteiger partial charge is 0.468 e. The minimum Gasteiger partial charge on any atom is -0.468 e. The highest BCUT2D eigenvalue weighted by Gasteiger charge is 2.15. The fraction of sp³-hybridized carbons (Fsp3) is 0.476. The molecule has 1 aromatic heterocycles. The molecule has 140 valence electrons. The average molecular weight is 373 g/mol. The molecule has 5 heteroatoms. The molecule has 1 aliphatic rings. The van der Waals surface area contributed by atoms with Gasteiger partial charge in [0.25, 0.3) is 5.91 Å². The Morgan fingerprint density at radius 2 is 2.00 bits per heavy atom. The third-order valence-electron chi connectivity index (χ3n) is 4.85. The van der Waals surface area contributed by atoms with Gasteiger partial charge >= 0.3 is 0 Å². The van der Waals surface area contributed by atoms with Crippen molar-refractivity contribution < 1.29 is 9.21 Å². The van der Waals surface area contributed by atoms with Crippen molar-refractivity contribution in [1.82, 2.24) is 10.2 Å². The van der Waals surface area contributed by atoms with Gasteiger partial charge in [-0.25, -0.2) is 0 Å². The number of carbonyl (C=O) groups excluding carboxylic acids is 1. The summed E-state index contributed by atoms with van der Waals surface area (Å²) in [6, 6.07) is 11.9. The molecule has 0 saturated carbocycles. The number of furan rings is 1. The minimum absolute atomic E-state index is 0.00180. The zero-order chi connectivity index (χ0) is 18.2. The fourth-order valence-corrected chi connectivity index (χ4v) is 3.90. The predicted molar refractivity (Wildman–Crippen MR) is 107 cm³/mol.